The van der Waals surface area contributed by atoms with E-state index in [0.717, 1.165) is 18.6 Å². The molecule has 1 aliphatic rings. The van der Waals surface area contributed by atoms with Crippen LogP contribution in [0, 0.1) is 5.92 Å². The number of hydrogen-bond donors (Lipinski definition) is 1. The molecule has 1 aromatic rings. The van der Waals surface area contributed by atoms with Crippen LogP contribution >= 0.6 is 12.4 Å². The Labute approximate surface area is 106 Å². The van der Waals surface area contributed by atoms with Crippen LogP contribution in [0.5, 0.6) is 0 Å². The lowest BCUT2D eigenvalue weighted by molar-refractivity contribution is -0.159. The molecule has 17 heavy (non-hydrogen) atoms. The van der Waals surface area contributed by atoms with Crippen LogP contribution in [0.1, 0.15) is 18.6 Å². The van der Waals surface area contributed by atoms with Crippen molar-refractivity contribution in [2.75, 3.05) is 13.2 Å². The first-order valence-corrected chi connectivity index (χ1v) is 5.40. The van der Waals surface area contributed by atoms with Gasteiger partial charge < -0.3 is 14.0 Å². The lowest BCUT2D eigenvalue weighted by Crippen LogP contribution is -2.29. The number of carbonyl (C=O) groups is 1. The van der Waals surface area contributed by atoms with Crippen molar-refractivity contribution in [1.82, 2.24) is 5.48 Å². The summed E-state index contributed by atoms with van der Waals surface area (Å²) in [6.07, 6.45) is 3.06. The van der Waals surface area contributed by atoms with Crippen LogP contribution in [-0.2, 0) is 20.9 Å². The summed E-state index contributed by atoms with van der Waals surface area (Å²) in [4.78, 5) is 16.5. The fourth-order valence-corrected chi connectivity index (χ4v) is 1.61. The Kier molecular flexibility index (Phi) is 6.04. The molecule has 0 radical (unpaired) electrons. The molecule has 1 aromatic heterocycles. The maximum absolute atomic E-state index is 11.6. The number of furan rings is 1. The smallest absolute Gasteiger partial charge is 0.327 e. The van der Waals surface area contributed by atoms with Crippen molar-refractivity contribution in [3.8, 4) is 0 Å². The summed E-state index contributed by atoms with van der Waals surface area (Å²) in [5.74, 6) is 0.479. The van der Waals surface area contributed by atoms with Crippen LogP contribution in [0.2, 0.25) is 0 Å². The maximum atomic E-state index is 11.6. The van der Waals surface area contributed by atoms with E-state index in [9.17, 15) is 4.79 Å². The third-order valence-corrected chi connectivity index (χ3v) is 2.55. The molecule has 1 fully saturated rings. The van der Waals surface area contributed by atoms with Crippen LogP contribution in [0.25, 0.3) is 0 Å². The average Bonchev–Trinajstić information content (AvgIpc) is 2.83. The third-order valence-electron chi connectivity index (χ3n) is 2.55. The van der Waals surface area contributed by atoms with Crippen molar-refractivity contribution in [2.24, 2.45) is 5.92 Å². The van der Waals surface area contributed by atoms with Gasteiger partial charge in [0, 0.05) is 13.2 Å². The second-order valence-electron chi connectivity index (χ2n) is 3.71. The molecular weight excluding hydrogens is 246 g/mol. The molecule has 1 aliphatic heterocycles. The molecule has 0 saturated carbocycles. The Balaban J connectivity index is 0.00000144. The largest absolute Gasteiger partial charge is 0.468 e. The highest BCUT2D eigenvalue weighted by Crippen LogP contribution is 2.15. The van der Waals surface area contributed by atoms with Gasteiger partial charge in [-0.2, -0.15) is 0 Å². The Morgan fingerprint density at radius 1 is 1.47 bits per heavy atom. The average molecular weight is 262 g/mol. The lowest BCUT2D eigenvalue weighted by Gasteiger charge is -2.19. The van der Waals surface area contributed by atoms with Crippen molar-refractivity contribution in [1.29, 1.82) is 0 Å². The van der Waals surface area contributed by atoms with E-state index in [1.807, 2.05) is 6.07 Å². The number of nitrogens with one attached hydrogen (secondary N) is 1. The van der Waals surface area contributed by atoms with Gasteiger partial charge in [0.1, 0.15) is 5.76 Å². The molecule has 2 rings (SSSR count). The molecule has 0 amide bonds. The highest BCUT2D eigenvalue weighted by molar-refractivity contribution is 5.85. The summed E-state index contributed by atoms with van der Waals surface area (Å²) >= 11 is 0. The quantitative estimate of drug-likeness (QED) is 0.836. The van der Waals surface area contributed by atoms with Crippen LogP contribution in [0.3, 0.4) is 0 Å². The molecule has 0 bridgehead atoms. The predicted octanol–water partition coefficient (Wildman–Crippen LogP) is 1.68. The summed E-state index contributed by atoms with van der Waals surface area (Å²) in [7, 11) is 0. The third kappa shape index (κ3) is 4.38. The Morgan fingerprint density at radius 2 is 2.24 bits per heavy atom. The van der Waals surface area contributed by atoms with Gasteiger partial charge in [0.15, 0.2) is 0 Å². The number of hydroxylamine groups is 1. The van der Waals surface area contributed by atoms with Crippen LogP contribution < -0.4 is 5.48 Å². The minimum atomic E-state index is -0.213. The highest BCUT2D eigenvalue weighted by atomic mass is 35.5. The van der Waals surface area contributed by atoms with Gasteiger partial charge in [0.2, 0.25) is 0 Å². The number of ether oxygens (including phenoxy) is 1. The zero-order chi connectivity index (χ0) is 11.2. The van der Waals surface area contributed by atoms with E-state index in [0.29, 0.717) is 19.8 Å². The van der Waals surface area contributed by atoms with Gasteiger partial charge in [-0.1, -0.05) is 0 Å². The zero-order valence-electron chi connectivity index (χ0n) is 9.39. The van der Waals surface area contributed by atoms with Crippen LogP contribution in [-0.4, -0.2) is 19.2 Å². The number of rotatable bonds is 4. The second-order valence-corrected chi connectivity index (χ2v) is 3.71. The summed E-state index contributed by atoms with van der Waals surface area (Å²) in [5.41, 5.74) is 2.60. The van der Waals surface area contributed by atoms with E-state index in [1.165, 1.54) is 0 Å². The minimum absolute atomic E-state index is 0. The van der Waals surface area contributed by atoms with Gasteiger partial charge in [0.05, 0.1) is 18.7 Å². The van der Waals surface area contributed by atoms with Gasteiger partial charge in [0.25, 0.3) is 0 Å². The second kappa shape index (κ2) is 7.32. The lowest BCUT2D eigenvalue weighted by atomic mass is 10.0. The first kappa shape index (κ1) is 14.0. The summed E-state index contributed by atoms with van der Waals surface area (Å²) in [6.45, 7) is 1.66. The standard InChI is InChI=1S/C11H15NO4.ClH/c13-11(9-3-6-14-7-4-9)16-12-8-10-2-1-5-15-10;/h1-2,5,9,12H,3-4,6-8H2;1H. The van der Waals surface area contributed by atoms with E-state index >= 15 is 0 Å². The van der Waals surface area contributed by atoms with Gasteiger partial charge in [-0.15, -0.1) is 17.9 Å². The molecule has 2 heterocycles. The van der Waals surface area contributed by atoms with Gasteiger partial charge >= 0.3 is 5.97 Å². The van der Waals surface area contributed by atoms with Crippen molar-refractivity contribution in [2.45, 2.75) is 19.4 Å². The fraction of sp³-hybridized carbons (Fsp3) is 0.545. The first-order valence-electron chi connectivity index (χ1n) is 5.40. The van der Waals surface area contributed by atoms with E-state index < -0.39 is 0 Å². The zero-order valence-corrected chi connectivity index (χ0v) is 10.2. The highest BCUT2D eigenvalue weighted by Gasteiger charge is 2.23. The van der Waals surface area contributed by atoms with Crippen LogP contribution in [0.15, 0.2) is 22.8 Å². The minimum Gasteiger partial charge on any atom is -0.468 e. The fourth-order valence-electron chi connectivity index (χ4n) is 1.61. The predicted molar refractivity (Wildman–Crippen MR) is 62.4 cm³/mol. The molecule has 6 heteroatoms. The summed E-state index contributed by atoms with van der Waals surface area (Å²) < 4.78 is 10.3. The summed E-state index contributed by atoms with van der Waals surface area (Å²) in [6, 6.07) is 3.60. The van der Waals surface area contributed by atoms with Gasteiger partial charge in [-0.25, -0.2) is 0 Å². The Hall–Kier alpha value is -1.04. The molecule has 1 saturated heterocycles. The molecular formula is C11H16ClNO4. The van der Waals surface area contributed by atoms with E-state index in [1.54, 1.807) is 12.3 Å². The Morgan fingerprint density at radius 3 is 2.88 bits per heavy atom. The molecule has 0 aromatic carbocycles. The number of halogens is 1. The van der Waals surface area contributed by atoms with Crippen molar-refractivity contribution in [3.63, 3.8) is 0 Å². The molecule has 5 nitrogen and oxygen atoms in total. The normalized spacial score (nSPS) is 16.2. The van der Waals surface area contributed by atoms with Gasteiger partial charge in [-0.3, -0.25) is 4.79 Å². The molecule has 96 valence electrons. The molecule has 0 atom stereocenters. The van der Waals surface area contributed by atoms with Crippen molar-refractivity contribution >= 4 is 18.4 Å². The Bertz CT molecular complexity index is 322. The SMILES string of the molecule is Cl.O=C(ONCc1ccco1)C1CCOCC1. The first-order chi connectivity index (χ1) is 7.86. The van der Waals surface area contributed by atoms with Crippen LogP contribution in [0.4, 0.5) is 0 Å². The van der Waals surface area contributed by atoms with Gasteiger partial charge in [-0.05, 0) is 25.0 Å². The number of hydrogen-bond acceptors (Lipinski definition) is 5. The molecule has 0 aliphatic carbocycles. The van der Waals surface area contributed by atoms with E-state index in [4.69, 9.17) is 14.0 Å². The van der Waals surface area contributed by atoms with E-state index in [2.05, 4.69) is 5.48 Å². The molecule has 0 unspecified atom stereocenters. The molecule has 1 N–H and O–H groups in total. The van der Waals surface area contributed by atoms with E-state index in [-0.39, 0.29) is 24.3 Å². The maximum Gasteiger partial charge on any atom is 0.327 e. The molecule has 0 spiro atoms. The topological polar surface area (TPSA) is 60.7 Å². The summed E-state index contributed by atoms with van der Waals surface area (Å²) in [5, 5.41) is 0. The van der Waals surface area contributed by atoms with Crippen molar-refractivity contribution in [3.05, 3.63) is 24.2 Å². The number of carbonyl (C=O) groups excluding carboxylic acids is 1. The van der Waals surface area contributed by atoms with Crippen molar-refractivity contribution < 1.29 is 18.8 Å². The monoisotopic (exact) mass is 261 g/mol.